The SMILES string of the molecule is N/C=C(/CO)N(N)c1nonc1N. The maximum atomic E-state index is 8.80. The van der Waals surface area contributed by atoms with Gasteiger partial charge in [-0.3, -0.25) is 5.01 Å². The van der Waals surface area contributed by atoms with Gasteiger partial charge in [0.1, 0.15) is 0 Å². The molecule has 8 nitrogen and oxygen atoms in total. The number of hydrogen-bond donors (Lipinski definition) is 4. The lowest BCUT2D eigenvalue weighted by atomic mass is 10.4. The highest BCUT2D eigenvalue weighted by molar-refractivity contribution is 5.58. The first-order valence-corrected chi connectivity index (χ1v) is 3.35. The summed E-state index contributed by atoms with van der Waals surface area (Å²) in [5.41, 5.74) is 10.8. The second-order valence-electron chi connectivity index (χ2n) is 2.16. The third-order valence-corrected chi connectivity index (χ3v) is 1.39. The van der Waals surface area contributed by atoms with Crippen molar-refractivity contribution in [2.24, 2.45) is 11.6 Å². The summed E-state index contributed by atoms with van der Waals surface area (Å²) in [6.45, 7) is -0.334. The fourth-order valence-corrected chi connectivity index (χ4v) is 0.703. The molecule has 0 aromatic carbocycles. The maximum Gasteiger partial charge on any atom is 0.236 e. The number of rotatable bonds is 3. The highest BCUT2D eigenvalue weighted by Crippen LogP contribution is 2.17. The topological polar surface area (TPSA) is 140 Å². The minimum absolute atomic E-state index is 0.0234. The Morgan fingerprint density at radius 1 is 1.62 bits per heavy atom. The fourth-order valence-electron chi connectivity index (χ4n) is 0.703. The zero-order valence-corrected chi connectivity index (χ0v) is 6.71. The van der Waals surface area contributed by atoms with Gasteiger partial charge in [0.25, 0.3) is 0 Å². The molecule has 0 aliphatic carbocycles. The first kappa shape index (κ1) is 9.29. The van der Waals surface area contributed by atoms with Crippen LogP contribution in [-0.4, -0.2) is 22.0 Å². The smallest absolute Gasteiger partial charge is 0.236 e. The maximum absolute atomic E-state index is 8.80. The zero-order chi connectivity index (χ0) is 9.84. The van der Waals surface area contributed by atoms with Crippen molar-refractivity contribution >= 4 is 11.6 Å². The number of aromatic nitrogens is 2. The summed E-state index contributed by atoms with van der Waals surface area (Å²) in [4.78, 5) is 0. The first-order valence-electron chi connectivity index (χ1n) is 3.35. The largest absolute Gasteiger partial charge is 0.403 e. The number of aliphatic hydroxyl groups excluding tert-OH is 1. The summed E-state index contributed by atoms with van der Waals surface area (Å²) in [5, 5.41) is 16.5. The van der Waals surface area contributed by atoms with E-state index in [1.165, 1.54) is 0 Å². The van der Waals surface area contributed by atoms with E-state index < -0.39 is 0 Å². The molecule has 13 heavy (non-hydrogen) atoms. The molecule has 0 aliphatic heterocycles. The van der Waals surface area contributed by atoms with Crippen LogP contribution in [0.15, 0.2) is 16.5 Å². The lowest BCUT2D eigenvalue weighted by Gasteiger charge is -2.15. The van der Waals surface area contributed by atoms with Crippen molar-refractivity contribution in [2.75, 3.05) is 17.3 Å². The molecule has 1 aromatic rings. The summed E-state index contributed by atoms with van der Waals surface area (Å²) in [6.07, 6.45) is 1.13. The third kappa shape index (κ3) is 1.68. The predicted molar refractivity (Wildman–Crippen MR) is 44.7 cm³/mol. The number of nitrogen functional groups attached to an aromatic ring is 1. The number of hydrazine groups is 1. The van der Waals surface area contributed by atoms with E-state index >= 15 is 0 Å². The Bertz CT molecular complexity index is 308. The second kappa shape index (κ2) is 3.74. The number of hydrogen-bond acceptors (Lipinski definition) is 8. The van der Waals surface area contributed by atoms with Gasteiger partial charge in [-0.2, -0.15) is 0 Å². The number of nitrogens with zero attached hydrogens (tertiary/aromatic N) is 3. The Kier molecular flexibility index (Phi) is 2.67. The molecule has 1 aromatic heterocycles. The summed E-state index contributed by atoms with van der Waals surface area (Å²) in [7, 11) is 0. The van der Waals surface area contributed by atoms with Gasteiger partial charge in [-0.05, 0) is 10.3 Å². The highest BCUT2D eigenvalue weighted by Gasteiger charge is 2.15. The highest BCUT2D eigenvalue weighted by atomic mass is 16.6. The molecule has 0 amide bonds. The molecule has 0 saturated carbocycles. The normalized spacial score (nSPS) is 11.7. The van der Waals surface area contributed by atoms with Crippen LogP contribution in [-0.2, 0) is 0 Å². The van der Waals surface area contributed by atoms with Crippen LogP contribution in [0.2, 0.25) is 0 Å². The van der Waals surface area contributed by atoms with Gasteiger partial charge >= 0.3 is 0 Å². The van der Waals surface area contributed by atoms with E-state index in [1.807, 2.05) is 0 Å². The van der Waals surface area contributed by atoms with Gasteiger partial charge in [-0.1, -0.05) is 0 Å². The van der Waals surface area contributed by atoms with Crippen molar-refractivity contribution in [3.8, 4) is 0 Å². The van der Waals surface area contributed by atoms with E-state index in [1.54, 1.807) is 0 Å². The van der Waals surface area contributed by atoms with Crippen LogP contribution < -0.4 is 22.3 Å². The molecule has 1 rings (SSSR count). The molecule has 0 aliphatic rings. The van der Waals surface area contributed by atoms with Crippen LogP contribution in [0, 0.1) is 0 Å². The van der Waals surface area contributed by atoms with Gasteiger partial charge < -0.3 is 16.6 Å². The molecule has 0 atom stereocenters. The van der Waals surface area contributed by atoms with Crippen molar-refractivity contribution in [3.05, 3.63) is 11.9 Å². The average molecular weight is 186 g/mol. The minimum atomic E-state index is -0.334. The summed E-state index contributed by atoms with van der Waals surface area (Å²) < 4.78 is 4.31. The molecule has 0 radical (unpaired) electrons. The van der Waals surface area contributed by atoms with E-state index in [-0.39, 0.29) is 23.9 Å². The van der Waals surface area contributed by atoms with Gasteiger partial charge in [0.15, 0.2) is 0 Å². The van der Waals surface area contributed by atoms with Gasteiger partial charge in [0.2, 0.25) is 11.6 Å². The van der Waals surface area contributed by atoms with Crippen LogP contribution in [0.25, 0.3) is 0 Å². The molecule has 0 bridgehead atoms. The van der Waals surface area contributed by atoms with Crippen molar-refractivity contribution in [1.29, 1.82) is 0 Å². The summed E-state index contributed by atoms with van der Waals surface area (Å²) >= 11 is 0. The van der Waals surface area contributed by atoms with Crippen molar-refractivity contribution in [2.45, 2.75) is 0 Å². The van der Waals surface area contributed by atoms with Crippen LogP contribution in [0.5, 0.6) is 0 Å². The van der Waals surface area contributed by atoms with E-state index in [9.17, 15) is 0 Å². The predicted octanol–water partition coefficient (Wildman–Crippen LogP) is -1.88. The van der Waals surface area contributed by atoms with E-state index in [4.69, 9.17) is 22.4 Å². The summed E-state index contributed by atoms with van der Waals surface area (Å²) in [5.74, 6) is 5.61. The summed E-state index contributed by atoms with van der Waals surface area (Å²) in [6, 6.07) is 0. The molecule has 72 valence electrons. The number of nitrogens with two attached hydrogens (primary N) is 3. The molecule has 0 unspecified atom stereocenters. The van der Waals surface area contributed by atoms with Gasteiger partial charge in [0.05, 0.1) is 12.3 Å². The molecular weight excluding hydrogens is 176 g/mol. The van der Waals surface area contributed by atoms with Gasteiger partial charge in [-0.25, -0.2) is 10.5 Å². The van der Waals surface area contributed by atoms with Crippen LogP contribution in [0.3, 0.4) is 0 Å². The zero-order valence-electron chi connectivity index (χ0n) is 6.71. The van der Waals surface area contributed by atoms with Crippen LogP contribution >= 0.6 is 0 Å². The molecule has 8 heteroatoms. The van der Waals surface area contributed by atoms with E-state index in [0.29, 0.717) is 0 Å². The molecule has 0 saturated heterocycles. The van der Waals surface area contributed by atoms with Crippen molar-refractivity contribution < 1.29 is 9.74 Å². The molecule has 1 heterocycles. The standard InChI is InChI=1S/C5H10N6O2/c6-1-3(2-12)11(8)5-4(7)9-13-10-5/h1,12H,2,6,8H2,(H2,7,9)/b3-1-. The lowest BCUT2D eigenvalue weighted by molar-refractivity contribution is 0.307. The third-order valence-electron chi connectivity index (χ3n) is 1.39. The average Bonchev–Trinajstić information content (AvgIpc) is 2.53. The molecular formula is C5H10N6O2. The Hall–Kier alpha value is -1.80. The lowest BCUT2D eigenvalue weighted by Crippen LogP contribution is -2.33. The molecule has 0 fully saturated rings. The van der Waals surface area contributed by atoms with Gasteiger partial charge in [-0.15, -0.1) is 0 Å². The van der Waals surface area contributed by atoms with Crippen molar-refractivity contribution in [3.63, 3.8) is 0 Å². The van der Waals surface area contributed by atoms with Gasteiger partial charge in [0, 0.05) is 6.20 Å². The Morgan fingerprint density at radius 2 is 2.31 bits per heavy atom. The van der Waals surface area contributed by atoms with E-state index in [0.717, 1.165) is 11.2 Å². The monoisotopic (exact) mass is 186 g/mol. The Balaban J connectivity index is 2.90. The van der Waals surface area contributed by atoms with Crippen LogP contribution in [0.4, 0.5) is 11.6 Å². The fraction of sp³-hybridized carbons (Fsp3) is 0.200. The minimum Gasteiger partial charge on any atom is -0.403 e. The molecule has 7 N–H and O–H groups in total. The van der Waals surface area contributed by atoms with E-state index in [2.05, 4.69) is 14.9 Å². The number of anilines is 2. The quantitative estimate of drug-likeness (QED) is 0.317. The Morgan fingerprint density at radius 3 is 2.69 bits per heavy atom. The van der Waals surface area contributed by atoms with Crippen molar-refractivity contribution in [1.82, 2.24) is 10.3 Å². The molecule has 0 spiro atoms. The second-order valence-corrected chi connectivity index (χ2v) is 2.16. The first-order chi connectivity index (χ1) is 6.20. The number of aliphatic hydroxyl groups is 1. The van der Waals surface area contributed by atoms with Crippen LogP contribution in [0.1, 0.15) is 0 Å². The Labute approximate surface area is 73.5 Å².